The van der Waals surface area contributed by atoms with Crippen LogP contribution in [0.25, 0.3) is 0 Å². The van der Waals surface area contributed by atoms with E-state index in [4.69, 9.17) is 11.5 Å². The van der Waals surface area contributed by atoms with Crippen LogP contribution in [0.5, 0.6) is 0 Å². The maximum atomic E-state index is 10.7. The second kappa shape index (κ2) is 5.92. The van der Waals surface area contributed by atoms with Crippen LogP contribution in [0.2, 0.25) is 0 Å². The molecule has 0 unspecified atom stereocenters. The number of benzene rings is 2. The number of nitro groups is 1. The Morgan fingerprint density at radius 3 is 2.40 bits per heavy atom. The molecule has 6 nitrogen and oxygen atoms in total. The third kappa shape index (κ3) is 3.38. The minimum absolute atomic E-state index is 0.0749. The van der Waals surface area contributed by atoms with Crippen LogP contribution in [0.3, 0.4) is 0 Å². The molecule has 0 saturated heterocycles. The SMILES string of the molecule is Nc1ccc(CCNc2ccc([N+](=O)[O-])c(N)c2)cc1. The molecule has 0 atom stereocenters. The lowest BCUT2D eigenvalue weighted by Gasteiger charge is -2.07. The van der Waals surface area contributed by atoms with Crippen molar-refractivity contribution in [3.05, 3.63) is 58.1 Å². The number of nitrogen functional groups attached to an aromatic ring is 2. The van der Waals surface area contributed by atoms with Crippen molar-refractivity contribution in [2.75, 3.05) is 23.3 Å². The van der Waals surface area contributed by atoms with Crippen molar-refractivity contribution >= 4 is 22.7 Å². The van der Waals surface area contributed by atoms with Crippen LogP contribution in [-0.2, 0) is 6.42 Å². The van der Waals surface area contributed by atoms with Gasteiger partial charge in [-0.3, -0.25) is 10.1 Å². The van der Waals surface area contributed by atoms with E-state index in [1.165, 1.54) is 11.6 Å². The van der Waals surface area contributed by atoms with Crippen molar-refractivity contribution in [2.45, 2.75) is 6.42 Å². The van der Waals surface area contributed by atoms with Gasteiger partial charge in [0.2, 0.25) is 0 Å². The second-order valence-corrected chi connectivity index (χ2v) is 4.45. The quantitative estimate of drug-likeness (QED) is 0.440. The highest BCUT2D eigenvalue weighted by Gasteiger charge is 2.10. The third-order valence-electron chi connectivity index (χ3n) is 2.95. The van der Waals surface area contributed by atoms with E-state index in [-0.39, 0.29) is 11.4 Å². The van der Waals surface area contributed by atoms with Gasteiger partial charge in [0.25, 0.3) is 5.69 Å². The van der Waals surface area contributed by atoms with Gasteiger partial charge in [-0.05, 0) is 36.2 Å². The molecule has 2 aromatic carbocycles. The zero-order valence-corrected chi connectivity index (χ0v) is 10.9. The lowest BCUT2D eigenvalue weighted by molar-refractivity contribution is -0.383. The summed E-state index contributed by atoms with van der Waals surface area (Å²) in [5, 5.41) is 13.8. The smallest absolute Gasteiger partial charge is 0.292 e. The molecule has 0 amide bonds. The summed E-state index contributed by atoms with van der Waals surface area (Å²) in [6, 6.07) is 12.3. The lowest BCUT2D eigenvalue weighted by atomic mass is 10.1. The summed E-state index contributed by atoms with van der Waals surface area (Å²) < 4.78 is 0. The van der Waals surface area contributed by atoms with Crippen LogP contribution in [-0.4, -0.2) is 11.5 Å². The predicted octanol–water partition coefficient (Wildman–Crippen LogP) is 2.41. The van der Waals surface area contributed by atoms with Crippen molar-refractivity contribution in [1.29, 1.82) is 0 Å². The summed E-state index contributed by atoms with van der Waals surface area (Å²) in [6.45, 7) is 0.709. The van der Waals surface area contributed by atoms with E-state index < -0.39 is 4.92 Å². The van der Waals surface area contributed by atoms with Crippen LogP contribution in [0, 0.1) is 10.1 Å². The molecule has 0 radical (unpaired) electrons. The lowest BCUT2D eigenvalue weighted by Crippen LogP contribution is -2.06. The number of hydrogen-bond donors (Lipinski definition) is 3. The minimum Gasteiger partial charge on any atom is -0.399 e. The molecule has 0 aromatic heterocycles. The molecule has 0 aliphatic heterocycles. The van der Waals surface area contributed by atoms with Crippen molar-refractivity contribution in [3.8, 4) is 0 Å². The number of nitrogens with two attached hydrogens (primary N) is 2. The topological polar surface area (TPSA) is 107 Å². The summed E-state index contributed by atoms with van der Waals surface area (Å²) in [6.07, 6.45) is 0.831. The molecule has 0 spiro atoms. The fourth-order valence-electron chi connectivity index (χ4n) is 1.87. The number of nitrogens with one attached hydrogen (secondary N) is 1. The van der Waals surface area contributed by atoms with Crippen molar-refractivity contribution in [3.63, 3.8) is 0 Å². The summed E-state index contributed by atoms with van der Waals surface area (Å²) in [5.41, 5.74) is 14.0. The molecule has 6 heteroatoms. The van der Waals surface area contributed by atoms with Gasteiger partial charge < -0.3 is 16.8 Å². The number of nitrogens with zero attached hydrogens (tertiary/aromatic N) is 1. The molecule has 2 aromatic rings. The largest absolute Gasteiger partial charge is 0.399 e. The number of anilines is 3. The Hall–Kier alpha value is -2.76. The summed E-state index contributed by atoms with van der Waals surface area (Å²) in [5.74, 6) is 0. The van der Waals surface area contributed by atoms with Crippen molar-refractivity contribution in [1.82, 2.24) is 0 Å². The number of rotatable bonds is 5. The Kier molecular flexibility index (Phi) is 4.05. The maximum absolute atomic E-state index is 10.7. The van der Waals surface area contributed by atoms with Gasteiger partial charge in [-0.1, -0.05) is 12.1 Å². The van der Waals surface area contributed by atoms with E-state index in [0.29, 0.717) is 6.54 Å². The summed E-state index contributed by atoms with van der Waals surface area (Å²) >= 11 is 0. The van der Waals surface area contributed by atoms with Gasteiger partial charge in [0.1, 0.15) is 5.69 Å². The van der Waals surface area contributed by atoms with Gasteiger partial charge in [0.05, 0.1) is 4.92 Å². The highest BCUT2D eigenvalue weighted by atomic mass is 16.6. The molecule has 20 heavy (non-hydrogen) atoms. The Balaban J connectivity index is 1.92. The van der Waals surface area contributed by atoms with E-state index in [9.17, 15) is 10.1 Å². The van der Waals surface area contributed by atoms with Crippen LogP contribution in [0.1, 0.15) is 5.56 Å². The normalized spacial score (nSPS) is 10.2. The molecule has 0 saturated carbocycles. The van der Waals surface area contributed by atoms with Crippen LogP contribution >= 0.6 is 0 Å². The third-order valence-corrected chi connectivity index (χ3v) is 2.95. The second-order valence-electron chi connectivity index (χ2n) is 4.45. The van der Waals surface area contributed by atoms with Gasteiger partial charge in [-0.15, -0.1) is 0 Å². The Labute approximate surface area is 116 Å². The fourth-order valence-corrected chi connectivity index (χ4v) is 1.87. The Bertz CT molecular complexity index is 611. The molecular formula is C14H16N4O2. The standard InChI is InChI=1S/C14H16N4O2/c15-11-3-1-10(2-4-11)7-8-17-12-5-6-14(18(19)20)13(16)9-12/h1-6,9,17H,7-8,15-16H2. The first-order valence-electron chi connectivity index (χ1n) is 6.18. The van der Waals surface area contributed by atoms with E-state index in [1.807, 2.05) is 24.3 Å². The van der Waals surface area contributed by atoms with E-state index in [2.05, 4.69) is 5.32 Å². The van der Waals surface area contributed by atoms with Gasteiger partial charge in [0, 0.05) is 24.0 Å². The van der Waals surface area contributed by atoms with Crippen molar-refractivity contribution < 1.29 is 4.92 Å². The number of nitro benzene ring substituents is 1. The first-order valence-corrected chi connectivity index (χ1v) is 6.18. The fraction of sp³-hybridized carbons (Fsp3) is 0.143. The highest BCUT2D eigenvalue weighted by Crippen LogP contribution is 2.24. The van der Waals surface area contributed by atoms with Gasteiger partial charge >= 0.3 is 0 Å². The number of hydrogen-bond acceptors (Lipinski definition) is 5. The Morgan fingerprint density at radius 2 is 1.80 bits per heavy atom. The molecular weight excluding hydrogens is 256 g/mol. The van der Waals surface area contributed by atoms with Crippen LogP contribution in [0.15, 0.2) is 42.5 Å². The summed E-state index contributed by atoms with van der Waals surface area (Å²) in [4.78, 5) is 10.2. The van der Waals surface area contributed by atoms with Gasteiger partial charge in [-0.2, -0.15) is 0 Å². The molecule has 104 valence electrons. The van der Waals surface area contributed by atoms with E-state index >= 15 is 0 Å². The first kappa shape index (κ1) is 13.7. The average molecular weight is 272 g/mol. The summed E-state index contributed by atoms with van der Waals surface area (Å²) in [7, 11) is 0. The molecule has 0 aliphatic carbocycles. The molecule has 5 N–H and O–H groups in total. The van der Waals surface area contributed by atoms with Gasteiger partial charge in [0.15, 0.2) is 0 Å². The maximum Gasteiger partial charge on any atom is 0.292 e. The highest BCUT2D eigenvalue weighted by molar-refractivity contribution is 5.65. The van der Waals surface area contributed by atoms with Crippen LogP contribution < -0.4 is 16.8 Å². The minimum atomic E-state index is -0.493. The molecule has 2 rings (SSSR count). The van der Waals surface area contributed by atoms with E-state index in [0.717, 1.165) is 17.8 Å². The molecule has 0 bridgehead atoms. The predicted molar refractivity (Wildman–Crippen MR) is 80.6 cm³/mol. The zero-order valence-electron chi connectivity index (χ0n) is 10.9. The molecule has 0 aliphatic rings. The van der Waals surface area contributed by atoms with E-state index in [1.54, 1.807) is 12.1 Å². The Morgan fingerprint density at radius 1 is 1.10 bits per heavy atom. The molecule has 0 fully saturated rings. The first-order chi connectivity index (χ1) is 9.56. The van der Waals surface area contributed by atoms with Gasteiger partial charge in [-0.25, -0.2) is 0 Å². The zero-order chi connectivity index (χ0) is 14.5. The van der Waals surface area contributed by atoms with Crippen LogP contribution in [0.4, 0.5) is 22.7 Å². The average Bonchev–Trinajstić information content (AvgIpc) is 2.41. The molecule has 0 heterocycles. The van der Waals surface area contributed by atoms with Crippen molar-refractivity contribution in [2.24, 2.45) is 0 Å². The monoisotopic (exact) mass is 272 g/mol.